The van der Waals surface area contributed by atoms with Crippen molar-refractivity contribution in [2.24, 2.45) is 0 Å². The lowest BCUT2D eigenvalue weighted by molar-refractivity contribution is 0.833. The second-order valence-electron chi connectivity index (χ2n) is 4.16. The molecule has 0 radical (unpaired) electrons. The summed E-state index contributed by atoms with van der Waals surface area (Å²) in [5.41, 5.74) is 0.498. The molecule has 0 amide bonds. The summed E-state index contributed by atoms with van der Waals surface area (Å²) >= 11 is 3.39. The van der Waals surface area contributed by atoms with Gasteiger partial charge in [0.25, 0.3) is 11.1 Å². The molecule has 2 aromatic heterocycles. The first-order chi connectivity index (χ1) is 9.54. The van der Waals surface area contributed by atoms with E-state index in [2.05, 4.69) is 32.7 Å². The number of halogens is 1. The molecule has 20 heavy (non-hydrogen) atoms. The minimum Gasteiger partial charge on any atom is -0.266 e. The smallest absolute Gasteiger partial charge is 0.266 e. The first-order valence-corrected chi connectivity index (χ1v) is 7.62. The number of thiazole rings is 1. The Hall–Kier alpha value is -1.61. The summed E-state index contributed by atoms with van der Waals surface area (Å²) in [7, 11) is 0. The minimum atomic E-state index is -0.396. The van der Waals surface area contributed by atoms with E-state index in [1.165, 1.54) is 15.9 Å². The van der Waals surface area contributed by atoms with E-state index >= 15 is 0 Å². The Morgan fingerprint density at radius 2 is 1.95 bits per heavy atom. The third-order valence-electron chi connectivity index (χ3n) is 2.71. The van der Waals surface area contributed by atoms with Crippen molar-refractivity contribution >= 4 is 45.0 Å². The number of aryl methyl sites for hydroxylation is 1. The van der Waals surface area contributed by atoms with Crippen LogP contribution in [0, 0.1) is 10.5 Å². The van der Waals surface area contributed by atoms with E-state index in [0.717, 1.165) is 9.13 Å². The molecule has 0 bridgehead atoms. The Morgan fingerprint density at radius 3 is 2.65 bits per heavy atom. The molecule has 7 heteroatoms. The van der Waals surface area contributed by atoms with Crippen LogP contribution >= 0.6 is 33.9 Å². The van der Waals surface area contributed by atoms with Gasteiger partial charge in [-0.25, -0.2) is 0 Å². The van der Waals surface area contributed by atoms with Crippen LogP contribution in [0.5, 0.6) is 0 Å². The molecule has 3 aromatic rings. The molecule has 0 saturated heterocycles. The van der Waals surface area contributed by atoms with Crippen LogP contribution in [0.15, 0.2) is 33.9 Å². The molecule has 0 spiro atoms. The Balaban J connectivity index is 2.27. The number of nitrogens with zero attached hydrogens (tertiary/aromatic N) is 3. The van der Waals surface area contributed by atoms with Gasteiger partial charge in [0.05, 0.1) is 4.53 Å². The van der Waals surface area contributed by atoms with Crippen molar-refractivity contribution in [3.8, 4) is 0 Å². The monoisotopic (exact) mass is 397 g/mol. The van der Waals surface area contributed by atoms with Crippen molar-refractivity contribution in [3.05, 3.63) is 64.3 Å². The maximum atomic E-state index is 12.2. The second kappa shape index (κ2) is 5.06. The van der Waals surface area contributed by atoms with Crippen LogP contribution in [0.4, 0.5) is 0 Å². The van der Waals surface area contributed by atoms with Crippen LogP contribution in [-0.4, -0.2) is 14.6 Å². The highest BCUT2D eigenvalue weighted by atomic mass is 127. The quantitative estimate of drug-likeness (QED) is 0.575. The van der Waals surface area contributed by atoms with E-state index in [0.29, 0.717) is 9.49 Å². The van der Waals surface area contributed by atoms with Gasteiger partial charge in [0.1, 0.15) is 5.69 Å². The summed E-state index contributed by atoms with van der Waals surface area (Å²) in [5, 5.41) is 3.97. The fourth-order valence-corrected chi connectivity index (χ4v) is 2.96. The molecule has 0 unspecified atom stereocenters. The van der Waals surface area contributed by atoms with Gasteiger partial charge in [0, 0.05) is 3.57 Å². The lowest BCUT2D eigenvalue weighted by Crippen LogP contribution is -2.27. The SMILES string of the molecule is Cc1nn2c(=O)/c(=C/c3ccc(I)cc3)sc2nc1=O. The molecule has 0 fully saturated rings. The Labute approximate surface area is 130 Å². The predicted octanol–water partition coefficient (Wildman–Crippen LogP) is 0.972. The number of aromatic nitrogens is 3. The minimum absolute atomic E-state index is 0.221. The summed E-state index contributed by atoms with van der Waals surface area (Å²) < 4.78 is 2.82. The largest absolute Gasteiger partial charge is 0.295 e. The van der Waals surface area contributed by atoms with E-state index in [-0.39, 0.29) is 11.3 Å². The molecule has 3 rings (SSSR count). The van der Waals surface area contributed by atoms with Gasteiger partial charge >= 0.3 is 0 Å². The maximum Gasteiger partial charge on any atom is 0.295 e. The first kappa shape index (κ1) is 13.4. The number of rotatable bonds is 1. The number of hydrogen-bond acceptors (Lipinski definition) is 5. The number of fused-ring (bicyclic) bond motifs is 1. The van der Waals surface area contributed by atoms with E-state index in [4.69, 9.17) is 0 Å². The van der Waals surface area contributed by atoms with Crippen LogP contribution in [0.25, 0.3) is 11.0 Å². The molecule has 100 valence electrons. The average molecular weight is 397 g/mol. The summed E-state index contributed by atoms with van der Waals surface area (Å²) in [4.78, 5) is 27.8. The van der Waals surface area contributed by atoms with Gasteiger partial charge in [-0.1, -0.05) is 23.5 Å². The fraction of sp³-hybridized carbons (Fsp3) is 0.0769. The van der Waals surface area contributed by atoms with Gasteiger partial charge in [-0.3, -0.25) is 9.59 Å². The van der Waals surface area contributed by atoms with Gasteiger partial charge in [-0.05, 0) is 53.3 Å². The zero-order chi connectivity index (χ0) is 14.3. The third-order valence-corrected chi connectivity index (χ3v) is 4.39. The Kier molecular flexibility index (Phi) is 3.38. The highest BCUT2D eigenvalue weighted by molar-refractivity contribution is 14.1. The lowest BCUT2D eigenvalue weighted by atomic mass is 10.2. The van der Waals surface area contributed by atoms with Gasteiger partial charge in [0.2, 0.25) is 4.96 Å². The average Bonchev–Trinajstić information content (AvgIpc) is 2.70. The van der Waals surface area contributed by atoms with Gasteiger partial charge in [-0.15, -0.1) is 0 Å². The number of benzene rings is 1. The summed E-state index contributed by atoms with van der Waals surface area (Å²) in [6, 6.07) is 7.80. The Morgan fingerprint density at radius 1 is 1.25 bits per heavy atom. The van der Waals surface area contributed by atoms with E-state index in [9.17, 15) is 9.59 Å². The maximum absolute atomic E-state index is 12.2. The van der Waals surface area contributed by atoms with Crippen LogP contribution in [0.2, 0.25) is 0 Å². The third kappa shape index (κ3) is 2.38. The van der Waals surface area contributed by atoms with Crippen LogP contribution in [0.1, 0.15) is 11.3 Å². The van der Waals surface area contributed by atoms with Crippen molar-refractivity contribution in [1.29, 1.82) is 0 Å². The van der Waals surface area contributed by atoms with Crippen LogP contribution in [0.3, 0.4) is 0 Å². The van der Waals surface area contributed by atoms with Crippen molar-refractivity contribution < 1.29 is 0 Å². The number of hydrogen-bond donors (Lipinski definition) is 0. The zero-order valence-electron chi connectivity index (χ0n) is 10.3. The van der Waals surface area contributed by atoms with E-state index in [1.54, 1.807) is 13.0 Å². The molecule has 2 heterocycles. The zero-order valence-corrected chi connectivity index (χ0v) is 13.3. The van der Waals surface area contributed by atoms with Crippen molar-refractivity contribution in [2.75, 3.05) is 0 Å². The molecule has 0 aliphatic heterocycles. The normalized spacial score (nSPS) is 12.2. The Bertz CT molecular complexity index is 960. The molecule has 1 aromatic carbocycles. The molecule has 0 aliphatic rings. The van der Waals surface area contributed by atoms with Gasteiger partial charge in [0.15, 0.2) is 0 Å². The lowest BCUT2D eigenvalue weighted by Gasteiger charge is -1.91. The van der Waals surface area contributed by atoms with Crippen molar-refractivity contribution in [1.82, 2.24) is 14.6 Å². The topological polar surface area (TPSA) is 64.3 Å². The van der Waals surface area contributed by atoms with Crippen LogP contribution < -0.4 is 15.7 Å². The van der Waals surface area contributed by atoms with Gasteiger partial charge in [-0.2, -0.15) is 14.6 Å². The van der Waals surface area contributed by atoms with E-state index in [1.807, 2.05) is 24.3 Å². The predicted molar refractivity (Wildman–Crippen MR) is 86.1 cm³/mol. The van der Waals surface area contributed by atoms with Gasteiger partial charge < -0.3 is 0 Å². The van der Waals surface area contributed by atoms with Crippen molar-refractivity contribution in [3.63, 3.8) is 0 Å². The molecule has 0 N–H and O–H groups in total. The first-order valence-electron chi connectivity index (χ1n) is 5.72. The summed E-state index contributed by atoms with van der Waals surface area (Å²) in [6.07, 6.45) is 1.78. The van der Waals surface area contributed by atoms with Crippen LogP contribution in [-0.2, 0) is 0 Å². The van der Waals surface area contributed by atoms with Crippen molar-refractivity contribution in [2.45, 2.75) is 6.92 Å². The van der Waals surface area contributed by atoms with E-state index < -0.39 is 5.56 Å². The molecule has 0 aliphatic carbocycles. The molecular weight excluding hydrogens is 389 g/mol. The molecular formula is C13H8IN3O2S. The fourth-order valence-electron chi connectivity index (χ4n) is 1.70. The highest BCUT2D eigenvalue weighted by Crippen LogP contribution is 2.07. The molecule has 0 atom stereocenters. The molecule has 0 saturated carbocycles. The second-order valence-corrected chi connectivity index (χ2v) is 6.42. The standard InChI is InChI=1S/C13H8IN3O2S/c1-7-11(18)15-13-17(16-7)12(19)10(20-13)6-8-2-4-9(14)5-3-8/h2-6H,1H3/b10-6-. The molecule has 5 nitrogen and oxygen atoms in total. The summed E-state index contributed by atoms with van der Waals surface area (Å²) in [5.74, 6) is 0. The highest BCUT2D eigenvalue weighted by Gasteiger charge is 2.07. The summed E-state index contributed by atoms with van der Waals surface area (Å²) in [6.45, 7) is 1.54.